The van der Waals surface area contributed by atoms with E-state index in [4.69, 9.17) is 4.18 Å². The molecule has 1 fully saturated rings. The molecular formula is C14H20O3S. The number of aryl methyl sites for hydroxylation is 1. The molecule has 0 saturated heterocycles. The fourth-order valence-corrected chi connectivity index (χ4v) is 3.15. The zero-order valence-corrected chi connectivity index (χ0v) is 11.7. The van der Waals surface area contributed by atoms with Gasteiger partial charge in [-0.1, -0.05) is 37.5 Å². The maximum absolute atomic E-state index is 11.9. The Bertz CT molecular complexity index is 490. The van der Waals surface area contributed by atoms with Crippen LogP contribution in [0.4, 0.5) is 0 Å². The van der Waals surface area contributed by atoms with Gasteiger partial charge in [0.25, 0.3) is 10.1 Å². The molecule has 0 N–H and O–H groups in total. The monoisotopic (exact) mass is 268 g/mol. The second-order valence-corrected chi connectivity index (χ2v) is 6.71. The van der Waals surface area contributed by atoms with Crippen molar-refractivity contribution in [3.63, 3.8) is 0 Å². The van der Waals surface area contributed by atoms with Gasteiger partial charge in [0.05, 0.1) is 11.5 Å². The predicted octanol–water partition coefficient (Wildman–Crippen LogP) is 3.14. The van der Waals surface area contributed by atoms with Crippen LogP contribution in [0, 0.1) is 18.8 Å². The van der Waals surface area contributed by atoms with E-state index in [1.807, 2.05) is 6.92 Å². The molecule has 1 aliphatic carbocycles. The number of hydrogen-bond acceptors (Lipinski definition) is 3. The van der Waals surface area contributed by atoms with Gasteiger partial charge in [-0.3, -0.25) is 4.18 Å². The van der Waals surface area contributed by atoms with Gasteiger partial charge in [-0.05, 0) is 37.3 Å². The highest BCUT2D eigenvalue weighted by Gasteiger charge is 2.37. The maximum atomic E-state index is 11.9. The molecule has 2 rings (SSSR count). The highest BCUT2D eigenvalue weighted by Crippen LogP contribution is 2.42. The van der Waals surface area contributed by atoms with E-state index >= 15 is 0 Å². The largest absolute Gasteiger partial charge is 0.296 e. The van der Waals surface area contributed by atoms with Gasteiger partial charge in [-0.15, -0.1) is 0 Å². The predicted molar refractivity (Wildman–Crippen MR) is 70.8 cm³/mol. The zero-order chi connectivity index (χ0) is 13.2. The summed E-state index contributed by atoms with van der Waals surface area (Å²) in [6.45, 7) is 4.41. The van der Waals surface area contributed by atoms with E-state index in [1.54, 1.807) is 24.3 Å². The molecule has 0 aromatic heterocycles. The van der Waals surface area contributed by atoms with Gasteiger partial charge in [0, 0.05) is 0 Å². The van der Waals surface area contributed by atoms with Crippen LogP contribution in [-0.2, 0) is 14.3 Å². The molecule has 3 nitrogen and oxygen atoms in total. The SMILES string of the molecule is CCC[C@@H]1C[C@H]1COS(=O)(=O)c1ccc(C)cc1. The van der Waals surface area contributed by atoms with Gasteiger partial charge >= 0.3 is 0 Å². The van der Waals surface area contributed by atoms with Crippen molar-refractivity contribution in [1.29, 1.82) is 0 Å². The molecule has 0 bridgehead atoms. The van der Waals surface area contributed by atoms with Crippen LogP contribution in [-0.4, -0.2) is 15.0 Å². The molecule has 0 unspecified atom stereocenters. The van der Waals surface area contributed by atoms with Crippen LogP contribution < -0.4 is 0 Å². The maximum Gasteiger partial charge on any atom is 0.296 e. The Morgan fingerprint density at radius 3 is 2.50 bits per heavy atom. The Balaban J connectivity index is 1.90. The first kappa shape index (κ1) is 13.6. The van der Waals surface area contributed by atoms with Gasteiger partial charge in [0.15, 0.2) is 0 Å². The van der Waals surface area contributed by atoms with Crippen molar-refractivity contribution in [2.45, 2.75) is 38.0 Å². The lowest BCUT2D eigenvalue weighted by atomic mass is 10.2. The van der Waals surface area contributed by atoms with Crippen molar-refractivity contribution in [3.05, 3.63) is 29.8 Å². The van der Waals surface area contributed by atoms with E-state index in [0.29, 0.717) is 18.4 Å². The molecule has 4 heteroatoms. The number of benzene rings is 1. The lowest BCUT2D eigenvalue weighted by molar-refractivity contribution is 0.293. The molecule has 0 spiro atoms. The zero-order valence-electron chi connectivity index (χ0n) is 10.9. The molecule has 0 radical (unpaired) electrons. The van der Waals surface area contributed by atoms with Crippen LogP contribution in [0.2, 0.25) is 0 Å². The summed E-state index contributed by atoms with van der Waals surface area (Å²) in [5, 5.41) is 0. The van der Waals surface area contributed by atoms with E-state index in [1.165, 1.54) is 6.42 Å². The molecular weight excluding hydrogens is 248 g/mol. The fraction of sp³-hybridized carbons (Fsp3) is 0.571. The first-order chi connectivity index (χ1) is 8.53. The van der Waals surface area contributed by atoms with E-state index in [0.717, 1.165) is 18.4 Å². The number of hydrogen-bond donors (Lipinski definition) is 0. The fourth-order valence-electron chi connectivity index (χ4n) is 2.19. The molecule has 1 aromatic rings. The third kappa shape index (κ3) is 3.33. The first-order valence-electron chi connectivity index (χ1n) is 6.49. The average molecular weight is 268 g/mol. The molecule has 2 atom stereocenters. The summed E-state index contributed by atoms with van der Waals surface area (Å²) in [5.74, 6) is 1.10. The molecule has 0 aliphatic heterocycles. The van der Waals surface area contributed by atoms with Crippen molar-refractivity contribution in [3.8, 4) is 0 Å². The third-order valence-corrected chi connectivity index (χ3v) is 4.77. The molecule has 100 valence electrons. The quantitative estimate of drug-likeness (QED) is 0.744. The van der Waals surface area contributed by atoms with Crippen molar-refractivity contribution < 1.29 is 12.6 Å². The molecule has 1 aromatic carbocycles. The molecule has 1 aliphatic rings. The Morgan fingerprint density at radius 1 is 1.22 bits per heavy atom. The smallest absolute Gasteiger partial charge is 0.266 e. The molecule has 1 saturated carbocycles. The van der Waals surface area contributed by atoms with Crippen molar-refractivity contribution in [2.75, 3.05) is 6.61 Å². The summed E-state index contributed by atoms with van der Waals surface area (Å²) in [6.07, 6.45) is 3.45. The first-order valence-corrected chi connectivity index (χ1v) is 7.90. The van der Waals surface area contributed by atoms with E-state index < -0.39 is 10.1 Å². The second-order valence-electron chi connectivity index (χ2n) is 5.10. The van der Waals surface area contributed by atoms with E-state index in [2.05, 4.69) is 6.92 Å². The van der Waals surface area contributed by atoms with Gasteiger partial charge in [-0.25, -0.2) is 0 Å². The third-order valence-electron chi connectivity index (χ3n) is 3.48. The number of rotatable bonds is 6. The normalized spacial score (nSPS) is 23.0. The lowest BCUT2D eigenvalue weighted by Gasteiger charge is -2.05. The van der Waals surface area contributed by atoms with Crippen molar-refractivity contribution >= 4 is 10.1 Å². The average Bonchev–Trinajstić information content (AvgIpc) is 3.06. The van der Waals surface area contributed by atoms with Crippen LogP contribution in [0.25, 0.3) is 0 Å². The summed E-state index contributed by atoms with van der Waals surface area (Å²) in [5.41, 5.74) is 1.04. The van der Waals surface area contributed by atoms with Crippen LogP contribution in [0.3, 0.4) is 0 Å². The van der Waals surface area contributed by atoms with Crippen LogP contribution in [0.1, 0.15) is 31.7 Å². The van der Waals surface area contributed by atoms with Gasteiger partial charge in [0.2, 0.25) is 0 Å². The van der Waals surface area contributed by atoms with Crippen LogP contribution >= 0.6 is 0 Å². The second kappa shape index (κ2) is 5.41. The van der Waals surface area contributed by atoms with Crippen molar-refractivity contribution in [1.82, 2.24) is 0 Å². The Hall–Kier alpha value is -0.870. The summed E-state index contributed by atoms with van der Waals surface area (Å²) in [7, 11) is -3.57. The van der Waals surface area contributed by atoms with Gasteiger partial charge in [-0.2, -0.15) is 8.42 Å². The minimum absolute atomic E-state index is 0.251. The minimum atomic E-state index is -3.57. The van der Waals surface area contributed by atoms with Gasteiger partial charge in [0.1, 0.15) is 0 Å². The highest BCUT2D eigenvalue weighted by molar-refractivity contribution is 7.86. The highest BCUT2D eigenvalue weighted by atomic mass is 32.2. The summed E-state index contributed by atoms with van der Waals surface area (Å²) >= 11 is 0. The van der Waals surface area contributed by atoms with E-state index in [-0.39, 0.29) is 4.90 Å². The standard InChI is InChI=1S/C14H20O3S/c1-3-4-12-9-13(12)10-17-18(15,16)14-7-5-11(2)6-8-14/h5-8,12-13H,3-4,9-10H2,1-2H3/t12-,13+/m1/s1. The van der Waals surface area contributed by atoms with Crippen LogP contribution in [0.5, 0.6) is 0 Å². The van der Waals surface area contributed by atoms with Gasteiger partial charge < -0.3 is 0 Å². The topological polar surface area (TPSA) is 43.4 Å². The van der Waals surface area contributed by atoms with Crippen molar-refractivity contribution in [2.24, 2.45) is 11.8 Å². The Labute approximate surface area is 109 Å². The van der Waals surface area contributed by atoms with Crippen LogP contribution in [0.15, 0.2) is 29.2 Å². The summed E-state index contributed by atoms with van der Waals surface area (Å²) in [4.78, 5) is 0.251. The Morgan fingerprint density at radius 2 is 1.89 bits per heavy atom. The summed E-state index contributed by atoms with van der Waals surface area (Å²) in [6, 6.07) is 6.77. The Kier molecular flexibility index (Phi) is 4.07. The molecule has 18 heavy (non-hydrogen) atoms. The molecule has 0 amide bonds. The molecule has 0 heterocycles. The minimum Gasteiger partial charge on any atom is -0.266 e. The van der Waals surface area contributed by atoms with E-state index in [9.17, 15) is 8.42 Å². The lowest BCUT2D eigenvalue weighted by Crippen LogP contribution is -2.09. The summed E-state index contributed by atoms with van der Waals surface area (Å²) < 4.78 is 29.0.